The van der Waals surface area contributed by atoms with E-state index in [1.807, 2.05) is 12.1 Å². The molecule has 196 valence electrons. The van der Waals surface area contributed by atoms with Gasteiger partial charge in [-0.1, -0.05) is 24.6 Å². The molecule has 4 bridgehead atoms. The van der Waals surface area contributed by atoms with Gasteiger partial charge in [-0.3, -0.25) is 19.4 Å². The number of aromatic amines is 2. The van der Waals surface area contributed by atoms with Crippen LogP contribution in [0, 0.1) is 0 Å². The molecule has 0 spiro atoms. The van der Waals surface area contributed by atoms with Crippen LogP contribution >= 0.6 is 0 Å². The molecule has 1 unspecified atom stereocenters. The van der Waals surface area contributed by atoms with E-state index in [-0.39, 0.29) is 22.9 Å². The normalized spacial score (nSPS) is 20.1. The molecule has 8 nitrogen and oxygen atoms in total. The van der Waals surface area contributed by atoms with Crippen LogP contribution in [-0.4, -0.2) is 50.4 Å². The second-order valence-corrected chi connectivity index (χ2v) is 10.2. The topological polar surface area (TPSA) is 96.0 Å². The van der Waals surface area contributed by atoms with Gasteiger partial charge in [-0.05, 0) is 70.7 Å². The third kappa shape index (κ3) is 5.49. The first-order valence-electron chi connectivity index (χ1n) is 13.6. The Morgan fingerprint density at radius 3 is 2.73 bits per heavy atom. The van der Waals surface area contributed by atoms with Gasteiger partial charge in [0.05, 0.1) is 22.7 Å². The van der Waals surface area contributed by atoms with Crippen LogP contribution in [-0.2, 0) is 17.7 Å². The Bertz CT molecular complexity index is 1410. The molecule has 1 aromatic carbocycles. The molecule has 37 heavy (non-hydrogen) atoms. The van der Waals surface area contributed by atoms with Crippen molar-refractivity contribution in [3.05, 3.63) is 69.0 Å². The molecule has 0 saturated carbocycles. The first kappa shape index (κ1) is 25.3. The third-order valence-corrected chi connectivity index (χ3v) is 7.41. The van der Waals surface area contributed by atoms with Gasteiger partial charge in [0, 0.05) is 25.1 Å². The Hall–Kier alpha value is -3.39. The molecule has 0 aliphatic carbocycles. The molecule has 2 aliphatic heterocycles. The lowest BCUT2D eigenvalue weighted by molar-refractivity contribution is 0.169. The van der Waals surface area contributed by atoms with Crippen LogP contribution in [0.1, 0.15) is 63.3 Å². The van der Waals surface area contributed by atoms with Crippen LogP contribution in [0.4, 0.5) is 0 Å². The maximum Gasteiger partial charge on any atom is 0.274 e. The molecule has 4 heterocycles. The Kier molecular flexibility index (Phi) is 7.74. The van der Waals surface area contributed by atoms with Gasteiger partial charge < -0.3 is 14.6 Å². The lowest BCUT2D eigenvalue weighted by Gasteiger charge is -2.26. The van der Waals surface area contributed by atoms with Gasteiger partial charge in [0.1, 0.15) is 17.1 Å². The summed E-state index contributed by atoms with van der Waals surface area (Å²) in [6, 6.07) is 5.44. The minimum Gasteiger partial charge on any atom is -0.489 e. The van der Waals surface area contributed by atoms with Crippen LogP contribution in [0.2, 0.25) is 0 Å². The number of nitrogens with one attached hydrogen (secondary N) is 2. The van der Waals surface area contributed by atoms with Crippen molar-refractivity contribution < 1.29 is 4.74 Å². The molecule has 2 aromatic heterocycles. The first-order valence-corrected chi connectivity index (χ1v) is 13.6. The van der Waals surface area contributed by atoms with Crippen LogP contribution in [0.25, 0.3) is 27.9 Å². The number of fused-ring (bicyclic) bond motifs is 4. The predicted octanol–water partition coefficient (Wildman–Crippen LogP) is 4.61. The average molecular weight is 504 g/mol. The number of para-hydroxylation sites is 1. The summed E-state index contributed by atoms with van der Waals surface area (Å²) in [7, 11) is 0. The highest BCUT2D eigenvalue weighted by molar-refractivity contribution is 5.92. The molecule has 2 N–H and O–H groups in total. The fourth-order valence-electron chi connectivity index (χ4n) is 5.44. The molecule has 8 heteroatoms. The first-order chi connectivity index (χ1) is 18.0. The molecular formula is C29H37N5O3. The number of aryl methyl sites for hydroxylation is 1. The summed E-state index contributed by atoms with van der Waals surface area (Å²) in [5, 5.41) is 3.81. The molecular weight excluding hydrogens is 466 g/mol. The van der Waals surface area contributed by atoms with E-state index in [0.717, 1.165) is 45.3 Å². The van der Waals surface area contributed by atoms with Gasteiger partial charge in [-0.2, -0.15) is 0 Å². The van der Waals surface area contributed by atoms with E-state index in [1.54, 1.807) is 16.8 Å². The summed E-state index contributed by atoms with van der Waals surface area (Å²) < 4.78 is 8.16. The van der Waals surface area contributed by atoms with Gasteiger partial charge >= 0.3 is 0 Å². The number of allylic oxidation sites excluding steroid dienone is 1. The fourth-order valence-corrected chi connectivity index (χ4v) is 5.44. The van der Waals surface area contributed by atoms with Crippen molar-refractivity contribution in [3.63, 3.8) is 0 Å². The molecule has 1 fully saturated rings. The molecule has 1 saturated heterocycles. The SMILES string of the molecule is C=CCc1[nH]c(=O)c2nc1/C(=C\CCN1CCCCC1)OC(C)CCCCn1[nH]c3c-2cccc3c1=O. The number of hydrogen-bond donors (Lipinski definition) is 2. The Morgan fingerprint density at radius 1 is 1.11 bits per heavy atom. The fraction of sp³-hybridized carbons (Fsp3) is 0.483. The van der Waals surface area contributed by atoms with Crippen LogP contribution < -0.4 is 11.1 Å². The summed E-state index contributed by atoms with van der Waals surface area (Å²) in [5.41, 5.74) is 2.47. The summed E-state index contributed by atoms with van der Waals surface area (Å²) in [6.07, 6.45) is 11.7. The van der Waals surface area contributed by atoms with Crippen LogP contribution in [0.15, 0.2) is 46.5 Å². The standard InChI is InChI=1S/C29H37N5O3/c1-3-11-23-27-24(15-10-18-33-16-6-4-7-17-33)37-20(2)12-5-8-19-34-29(36)22-14-9-13-21(25(22)32-34)26(31-27)28(35)30-23/h3,9,13-15,20,32H,1,4-8,10-12,16-19H2,2H3,(H,30,35)/b24-15+. The molecule has 5 rings (SSSR count). The van der Waals surface area contributed by atoms with Gasteiger partial charge in [0.25, 0.3) is 11.1 Å². The van der Waals surface area contributed by atoms with E-state index >= 15 is 0 Å². The Labute approximate surface area is 217 Å². The van der Waals surface area contributed by atoms with E-state index in [9.17, 15) is 9.59 Å². The van der Waals surface area contributed by atoms with Crippen molar-refractivity contribution in [3.8, 4) is 11.3 Å². The van der Waals surface area contributed by atoms with Crippen molar-refractivity contribution >= 4 is 16.7 Å². The number of hydrogen-bond acceptors (Lipinski definition) is 5. The minimum absolute atomic E-state index is 0.0308. The van der Waals surface area contributed by atoms with E-state index < -0.39 is 0 Å². The van der Waals surface area contributed by atoms with Gasteiger partial charge in [0.2, 0.25) is 0 Å². The van der Waals surface area contributed by atoms with E-state index in [4.69, 9.17) is 9.72 Å². The number of aromatic nitrogens is 4. The molecule has 1 atom stereocenters. The summed E-state index contributed by atoms with van der Waals surface area (Å²) in [6.45, 7) is 9.81. The summed E-state index contributed by atoms with van der Waals surface area (Å²) >= 11 is 0. The summed E-state index contributed by atoms with van der Waals surface area (Å²) in [5.74, 6) is 0.703. The second kappa shape index (κ2) is 11.3. The number of nitrogens with zero attached hydrogens (tertiary/aromatic N) is 3. The average Bonchev–Trinajstić information content (AvgIpc) is 3.22. The van der Waals surface area contributed by atoms with Crippen molar-refractivity contribution in [1.82, 2.24) is 24.6 Å². The Morgan fingerprint density at radius 2 is 1.92 bits per heavy atom. The molecule has 0 radical (unpaired) electrons. The molecule has 2 aliphatic rings. The zero-order valence-electron chi connectivity index (χ0n) is 21.7. The minimum atomic E-state index is -0.297. The van der Waals surface area contributed by atoms with Crippen LogP contribution in [0.5, 0.6) is 0 Å². The molecule has 0 amide bonds. The van der Waals surface area contributed by atoms with E-state index in [2.05, 4.69) is 34.6 Å². The highest BCUT2D eigenvalue weighted by atomic mass is 16.5. The predicted molar refractivity (Wildman–Crippen MR) is 148 cm³/mol. The number of likely N-dealkylation sites (tertiary alicyclic amines) is 1. The van der Waals surface area contributed by atoms with Crippen molar-refractivity contribution in [2.45, 2.75) is 70.9 Å². The maximum absolute atomic E-state index is 13.3. The van der Waals surface area contributed by atoms with Crippen molar-refractivity contribution in [1.29, 1.82) is 0 Å². The van der Waals surface area contributed by atoms with Crippen LogP contribution in [0.3, 0.4) is 0 Å². The lowest BCUT2D eigenvalue weighted by Crippen LogP contribution is -2.30. The largest absolute Gasteiger partial charge is 0.489 e. The zero-order valence-corrected chi connectivity index (χ0v) is 21.7. The van der Waals surface area contributed by atoms with Gasteiger partial charge in [-0.15, -0.1) is 6.58 Å². The highest BCUT2D eigenvalue weighted by Gasteiger charge is 2.21. The number of rotatable bonds is 5. The lowest BCUT2D eigenvalue weighted by atomic mass is 10.1. The highest BCUT2D eigenvalue weighted by Crippen LogP contribution is 2.27. The Balaban J connectivity index is 1.63. The smallest absolute Gasteiger partial charge is 0.274 e. The summed E-state index contributed by atoms with van der Waals surface area (Å²) in [4.78, 5) is 36.8. The second-order valence-electron chi connectivity index (χ2n) is 10.2. The third-order valence-electron chi connectivity index (χ3n) is 7.41. The quantitative estimate of drug-likeness (QED) is 0.496. The van der Waals surface area contributed by atoms with Gasteiger partial charge in [-0.25, -0.2) is 4.98 Å². The van der Waals surface area contributed by atoms with E-state index in [1.165, 1.54) is 19.3 Å². The van der Waals surface area contributed by atoms with Crippen molar-refractivity contribution in [2.75, 3.05) is 19.6 Å². The van der Waals surface area contributed by atoms with Crippen molar-refractivity contribution in [2.24, 2.45) is 0 Å². The monoisotopic (exact) mass is 503 g/mol. The van der Waals surface area contributed by atoms with E-state index in [0.29, 0.717) is 46.6 Å². The zero-order chi connectivity index (χ0) is 25.8. The number of benzene rings is 1. The number of ether oxygens (including phenoxy) is 1. The maximum atomic E-state index is 13.3. The molecule has 3 aromatic rings. The number of H-pyrrole nitrogens is 2. The van der Waals surface area contributed by atoms with Gasteiger partial charge in [0.15, 0.2) is 0 Å². The number of piperidine rings is 1.